The fourth-order valence-corrected chi connectivity index (χ4v) is 0.845. The summed E-state index contributed by atoms with van der Waals surface area (Å²) in [6.45, 7) is -0.226. The summed E-state index contributed by atoms with van der Waals surface area (Å²) in [5, 5.41) is 8.83. The fourth-order valence-electron chi connectivity index (χ4n) is 0.845. The maximum absolute atomic E-state index is 8.83. The molecule has 5 N–H and O–H groups in total. The second-order valence-corrected chi connectivity index (χ2v) is 3.04. The van der Waals surface area contributed by atoms with E-state index in [0.29, 0.717) is 11.8 Å². The number of hydrogen-bond donors (Lipinski definition) is 3. The number of nitrogens with zero attached hydrogens (tertiary/aromatic N) is 4. The van der Waals surface area contributed by atoms with Gasteiger partial charge in [0.05, 0.1) is 12.6 Å². The van der Waals surface area contributed by atoms with Gasteiger partial charge in [-0.05, 0) is 0 Å². The Kier molecular flexibility index (Phi) is 3.15. The average Bonchev–Trinajstić information content (AvgIpc) is 2.15. The second kappa shape index (κ2) is 4.16. The van der Waals surface area contributed by atoms with Crippen molar-refractivity contribution in [2.24, 2.45) is 5.73 Å². The van der Waals surface area contributed by atoms with Crippen LogP contribution in [0.1, 0.15) is 11.9 Å². The highest BCUT2D eigenvalue weighted by Gasteiger charge is 2.11. The maximum Gasteiger partial charge on any atom is 0.229 e. The SMILES string of the molecule is CN(C)c1nc(N)nc(C(N)CO)n1. The molecule has 0 saturated heterocycles. The lowest BCUT2D eigenvalue weighted by atomic mass is 10.3. The molecule has 7 nitrogen and oxygen atoms in total. The van der Waals surface area contributed by atoms with E-state index in [0.717, 1.165) is 0 Å². The summed E-state index contributed by atoms with van der Waals surface area (Å²) < 4.78 is 0. The zero-order chi connectivity index (χ0) is 10.7. The van der Waals surface area contributed by atoms with Crippen molar-refractivity contribution < 1.29 is 5.11 Å². The van der Waals surface area contributed by atoms with Crippen molar-refractivity contribution in [3.05, 3.63) is 5.82 Å². The van der Waals surface area contributed by atoms with Crippen LogP contribution >= 0.6 is 0 Å². The monoisotopic (exact) mass is 198 g/mol. The quantitative estimate of drug-likeness (QED) is 0.542. The van der Waals surface area contributed by atoms with E-state index in [1.807, 2.05) is 0 Å². The molecule has 1 heterocycles. The summed E-state index contributed by atoms with van der Waals surface area (Å²) in [5.74, 6) is 0.822. The first-order valence-electron chi connectivity index (χ1n) is 4.09. The van der Waals surface area contributed by atoms with E-state index in [2.05, 4.69) is 15.0 Å². The van der Waals surface area contributed by atoms with Gasteiger partial charge in [0.25, 0.3) is 0 Å². The third-order valence-corrected chi connectivity index (χ3v) is 1.59. The van der Waals surface area contributed by atoms with Crippen molar-refractivity contribution in [3.8, 4) is 0 Å². The van der Waals surface area contributed by atoms with E-state index in [1.54, 1.807) is 19.0 Å². The first-order chi connectivity index (χ1) is 6.54. The molecule has 0 spiro atoms. The molecule has 14 heavy (non-hydrogen) atoms. The number of nitrogens with two attached hydrogens (primary N) is 2. The summed E-state index contributed by atoms with van der Waals surface area (Å²) in [6, 6.07) is -0.626. The first-order valence-corrected chi connectivity index (χ1v) is 4.09. The number of aromatic nitrogens is 3. The molecular formula is C7H14N6O. The van der Waals surface area contributed by atoms with Crippen LogP contribution in [0.4, 0.5) is 11.9 Å². The van der Waals surface area contributed by atoms with Crippen molar-refractivity contribution >= 4 is 11.9 Å². The summed E-state index contributed by atoms with van der Waals surface area (Å²) in [7, 11) is 3.56. The van der Waals surface area contributed by atoms with Crippen LogP contribution in [-0.4, -0.2) is 40.8 Å². The molecule has 1 rings (SSSR count). The average molecular weight is 198 g/mol. The molecule has 0 radical (unpaired) electrons. The highest BCUT2D eigenvalue weighted by atomic mass is 16.3. The molecule has 0 aliphatic carbocycles. The Bertz CT molecular complexity index is 315. The second-order valence-electron chi connectivity index (χ2n) is 3.04. The molecule has 0 aromatic carbocycles. The lowest BCUT2D eigenvalue weighted by Crippen LogP contribution is -2.22. The van der Waals surface area contributed by atoms with E-state index in [4.69, 9.17) is 16.6 Å². The lowest BCUT2D eigenvalue weighted by Gasteiger charge is -2.13. The smallest absolute Gasteiger partial charge is 0.229 e. The van der Waals surface area contributed by atoms with Crippen molar-refractivity contribution in [1.29, 1.82) is 0 Å². The number of aliphatic hydroxyl groups is 1. The Hall–Kier alpha value is -1.47. The van der Waals surface area contributed by atoms with Gasteiger partial charge in [0.1, 0.15) is 0 Å². The van der Waals surface area contributed by atoms with E-state index < -0.39 is 6.04 Å². The third kappa shape index (κ3) is 2.27. The zero-order valence-electron chi connectivity index (χ0n) is 8.18. The van der Waals surface area contributed by atoms with Gasteiger partial charge in [0, 0.05) is 14.1 Å². The topological polar surface area (TPSA) is 114 Å². The summed E-state index contributed by atoms with van der Waals surface area (Å²) >= 11 is 0. The van der Waals surface area contributed by atoms with Gasteiger partial charge in [-0.1, -0.05) is 0 Å². The molecule has 78 valence electrons. The number of nitrogen functional groups attached to an aromatic ring is 1. The molecule has 0 saturated carbocycles. The van der Waals surface area contributed by atoms with Crippen LogP contribution < -0.4 is 16.4 Å². The molecule has 0 bridgehead atoms. The van der Waals surface area contributed by atoms with Gasteiger partial charge in [-0.2, -0.15) is 15.0 Å². The minimum absolute atomic E-state index is 0.0996. The molecule has 0 aliphatic heterocycles. The normalized spacial score (nSPS) is 12.6. The van der Waals surface area contributed by atoms with Gasteiger partial charge in [0.15, 0.2) is 5.82 Å². The highest BCUT2D eigenvalue weighted by molar-refractivity contribution is 5.33. The molecule has 7 heteroatoms. The van der Waals surface area contributed by atoms with E-state index >= 15 is 0 Å². The molecule has 1 aromatic heterocycles. The minimum atomic E-state index is -0.626. The number of aliphatic hydroxyl groups excluding tert-OH is 1. The fraction of sp³-hybridized carbons (Fsp3) is 0.571. The van der Waals surface area contributed by atoms with Crippen LogP contribution in [0.15, 0.2) is 0 Å². The van der Waals surface area contributed by atoms with Gasteiger partial charge in [-0.25, -0.2) is 0 Å². The van der Waals surface area contributed by atoms with Gasteiger partial charge in [-0.3, -0.25) is 0 Å². The van der Waals surface area contributed by atoms with E-state index in [9.17, 15) is 0 Å². The first kappa shape index (κ1) is 10.6. The Balaban J connectivity index is 3.07. The number of hydrogen-bond acceptors (Lipinski definition) is 7. The van der Waals surface area contributed by atoms with E-state index in [-0.39, 0.29) is 12.6 Å². The van der Waals surface area contributed by atoms with Gasteiger partial charge in [-0.15, -0.1) is 0 Å². The zero-order valence-corrected chi connectivity index (χ0v) is 8.18. The van der Waals surface area contributed by atoms with Crippen molar-refractivity contribution in [3.63, 3.8) is 0 Å². The predicted molar refractivity (Wildman–Crippen MR) is 52.6 cm³/mol. The number of anilines is 2. The van der Waals surface area contributed by atoms with E-state index in [1.165, 1.54) is 0 Å². The largest absolute Gasteiger partial charge is 0.394 e. The Morgan fingerprint density at radius 3 is 2.50 bits per heavy atom. The van der Waals surface area contributed by atoms with Crippen LogP contribution in [0.2, 0.25) is 0 Å². The summed E-state index contributed by atoms with van der Waals surface area (Å²) in [6.07, 6.45) is 0. The Labute approximate surface area is 81.8 Å². The highest BCUT2D eigenvalue weighted by Crippen LogP contribution is 2.09. The third-order valence-electron chi connectivity index (χ3n) is 1.59. The minimum Gasteiger partial charge on any atom is -0.394 e. The van der Waals surface area contributed by atoms with Crippen LogP contribution in [0, 0.1) is 0 Å². The van der Waals surface area contributed by atoms with Crippen LogP contribution in [0.5, 0.6) is 0 Å². The molecule has 1 unspecified atom stereocenters. The summed E-state index contributed by atoms with van der Waals surface area (Å²) in [4.78, 5) is 13.5. The lowest BCUT2D eigenvalue weighted by molar-refractivity contribution is 0.263. The molecule has 0 fully saturated rings. The molecule has 1 atom stereocenters. The molecule has 0 amide bonds. The Morgan fingerprint density at radius 1 is 1.36 bits per heavy atom. The summed E-state index contributed by atoms with van der Waals surface area (Å²) in [5.41, 5.74) is 11.0. The van der Waals surface area contributed by atoms with Crippen molar-refractivity contribution in [1.82, 2.24) is 15.0 Å². The standard InChI is InChI=1S/C7H14N6O/c1-13(2)7-11-5(4(8)3-14)10-6(9)12-7/h4,14H,3,8H2,1-2H3,(H2,9,10,11,12). The van der Waals surface area contributed by atoms with Crippen LogP contribution in [-0.2, 0) is 0 Å². The van der Waals surface area contributed by atoms with Crippen LogP contribution in [0.25, 0.3) is 0 Å². The molecular weight excluding hydrogens is 184 g/mol. The molecule has 0 aliphatic rings. The van der Waals surface area contributed by atoms with Gasteiger partial charge >= 0.3 is 0 Å². The van der Waals surface area contributed by atoms with Crippen molar-refractivity contribution in [2.75, 3.05) is 31.3 Å². The van der Waals surface area contributed by atoms with Crippen LogP contribution in [0.3, 0.4) is 0 Å². The van der Waals surface area contributed by atoms with Gasteiger partial charge in [0.2, 0.25) is 11.9 Å². The molecule has 1 aromatic rings. The van der Waals surface area contributed by atoms with Gasteiger partial charge < -0.3 is 21.5 Å². The van der Waals surface area contributed by atoms with Crippen molar-refractivity contribution in [2.45, 2.75) is 6.04 Å². The number of rotatable bonds is 3. The maximum atomic E-state index is 8.83. The Morgan fingerprint density at radius 2 is 2.00 bits per heavy atom. The predicted octanol–water partition coefficient (Wildman–Crippen LogP) is -1.49.